The van der Waals surface area contributed by atoms with Gasteiger partial charge in [-0.2, -0.15) is 5.10 Å². The van der Waals surface area contributed by atoms with Crippen LogP contribution in [0.2, 0.25) is 0 Å². The number of hydrogen-bond acceptors (Lipinski definition) is 3. The van der Waals surface area contributed by atoms with Gasteiger partial charge in [0, 0.05) is 5.56 Å². The van der Waals surface area contributed by atoms with E-state index in [0.29, 0.717) is 11.3 Å². The van der Waals surface area contributed by atoms with Crippen LogP contribution >= 0.6 is 12.2 Å². The lowest BCUT2D eigenvalue weighted by molar-refractivity contribution is 0.475. The molecule has 2 aromatic carbocycles. The molecule has 0 aromatic heterocycles. The molecule has 2 aromatic rings. The lowest BCUT2D eigenvalue weighted by Gasteiger charge is -2.09. The summed E-state index contributed by atoms with van der Waals surface area (Å²) >= 11 is 4.69. The van der Waals surface area contributed by atoms with Crippen LogP contribution in [0, 0.1) is 0 Å². The van der Waals surface area contributed by atoms with Gasteiger partial charge in [0.25, 0.3) is 0 Å². The third-order valence-corrected chi connectivity index (χ3v) is 2.69. The van der Waals surface area contributed by atoms with Crippen molar-refractivity contribution in [3.8, 4) is 5.75 Å². The maximum atomic E-state index is 9.97. The molecule has 0 saturated carbocycles. The summed E-state index contributed by atoms with van der Waals surface area (Å²) in [6.45, 7) is 1.78. The van der Waals surface area contributed by atoms with Gasteiger partial charge in [-0.25, -0.2) is 0 Å². The zero-order chi connectivity index (χ0) is 13.1. The van der Waals surface area contributed by atoms with Gasteiger partial charge in [-0.05, 0) is 36.0 Å². The van der Waals surface area contributed by atoms with Crippen molar-refractivity contribution in [2.24, 2.45) is 10.8 Å². The van der Waals surface area contributed by atoms with Crippen molar-refractivity contribution >= 4 is 33.8 Å². The first-order valence-electron chi connectivity index (χ1n) is 5.40. The number of nitrogens with two attached hydrogens (primary N) is 1. The minimum atomic E-state index is 0.0917. The zero-order valence-electron chi connectivity index (χ0n) is 9.84. The van der Waals surface area contributed by atoms with Crippen LogP contribution in [-0.2, 0) is 0 Å². The fourth-order valence-corrected chi connectivity index (χ4v) is 1.88. The molecule has 0 bridgehead atoms. The van der Waals surface area contributed by atoms with E-state index in [1.165, 1.54) is 0 Å². The quantitative estimate of drug-likeness (QED) is 0.439. The number of nitrogens with one attached hydrogen (secondary N) is 1. The minimum absolute atomic E-state index is 0.0917. The number of hydrazone groups is 1. The van der Waals surface area contributed by atoms with Crippen LogP contribution in [0.3, 0.4) is 0 Å². The molecule has 0 unspecified atom stereocenters. The summed E-state index contributed by atoms with van der Waals surface area (Å²) in [4.78, 5) is 0. The van der Waals surface area contributed by atoms with E-state index in [1.54, 1.807) is 13.0 Å². The molecule has 2 rings (SSSR count). The van der Waals surface area contributed by atoms with Gasteiger partial charge < -0.3 is 10.8 Å². The summed E-state index contributed by atoms with van der Waals surface area (Å²) in [5.41, 5.74) is 9.14. The summed E-state index contributed by atoms with van der Waals surface area (Å²) < 4.78 is 0. The van der Waals surface area contributed by atoms with Gasteiger partial charge in [0.15, 0.2) is 5.11 Å². The first-order chi connectivity index (χ1) is 8.59. The normalized spacial score (nSPS) is 11.5. The number of phenols is 1. The van der Waals surface area contributed by atoms with E-state index < -0.39 is 0 Å². The second-order valence-corrected chi connectivity index (χ2v) is 4.29. The first-order valence-corrected chi connectivity index (χ1v) is 5.81. The molecule has 0 aliphatic carbocycles. The fourth-order valence-electron chi connectivity index (χ4n) is 1.84. The van der Waals surface area contributed by atoms with Crippen LogP contribution in [0.5, 0.6) is 5.75 Å². The van der Waals surface area contributed by atoms with Crippen LogP contribution < -0.4 is 11.2 Å². The van der Waals surface area contributed by atoms with Gasteiger partial charge in [0.1, 0.15) is 5.75 Å². The van der Waals surface area contributed by atoms with Crippen molar-refractivity contribution in [2.45, 2.75) is 6.92 Å². The van der Waals surface area contributed by atoms with E-state index in [0.717, 1.165) is 10.8 Å². The average Bonchev–Trinajstić information content (AvgIpc) is 2.36. The molecule has 0 aliphatic rings. The number of hydrogen-bond donors (Lipinski definition) is 3. The predicted octanol–water partition coefficient (Wildman–Crippen LogP) is 2.10. The highest BCUT2D eigenvalue weighted by Crippen LogP contribution is 2.27. The van der Waals surface area contributed by atoms with Crippen molar-refractivity contribution < 1.29 is 5.11 Å². The standard InChI is InChI=1S/C13H13N3OS/c1-8(15-16-13(14)18)12-10-5-3-2-4-9(10)6-7-11(12)17/h2-7,17H,1H3,(H3,14,16,18)/b15-8+. The Labute approximate surface area is 110 Å². The van der Waals surface area contributed by atoms with E-state index in [9.17, 15) is 5.11 Å². The average molecular weight is 259 g/mol. The first kappa shape index (κ1) is 12.3. The predicted molar refractivity (Wildman–Crippen MR) is 77.7 cm³/mol. The smallest absolute Gasteiger partial charge is 0.184 e. The van der Waals surface area contributed by atoms with Crippen molar-refractivity contribution in [3.63, 3.8) is 0 Å². The van der Waals surface area contributed by atoms with Crippen molar-refractivity contribution in [1.29, 1.82) is 0 Å². The molecule has 4 nitrogen and oxygen atoms in total. The van der Waals surface area contributed by atoms with Gasteiger partial charge in [-0.1, -0.05) is 30.3 Å². The van der Waals surface area contributed by atoms with Crippen LogP contribution in [-0.4, -0.2) is 15.9 Å². The maximum absolute atomic E-state index is 9.97. The summed E-state index contributed by atoms with van der Waals surface area (Å²) in [6, 6.07) is 11.3. The highest BCUT2D eigenvalue weighted by molar-refractivity contribution is 7.80. The van der Waals surface area contributed by atoms with E-state index in [1.807, 2.05) is 30.3 Å². The highest BCUT2D eigenvalue weighted by Gasteiger charge is 2.09. The Balaban J connectivity index is 2.58. The Morgan fingerprint density at radius 3 is 2.72 bits per heavy atom. The van der Waals surface area contributed by atoms with Crippen molar-refractivity contribution in [3.05, 3.63) is 42.0 Å². The molecule has 0 radical (unpaired) electrons. The molecule has 18 heavy (non-hydrogen) atoms. The third kappa shape index (κ3) is 2.41. The number of benzene rings is 2. The molecule has 0 spiro atoms. The molecule has 0 amide bonds. The van der Waals surface area contributed by atoms with Crippen LogP contribution in [0.15, 0.2) is 41.5 Å². The molecule has 0 fully saturated rings. The van der Waals surface area contributed by atoms with Gasteiger partial charge >= 0.3 is 0 Å². The second-order valence-electron chi connectivity index (χ2n) is 3.85. The number of rotatable bonds is 2. The summed E-state index contributed by atoms with van der Waals surface area (Å²) in [6.07, 6.45) is 0. The number of aromatic hydroxyl groups is 1. The Bertz CT molecular complexity index is 637. The summed E-state index contributed by atoms with van der Waals surface area (Å²) in [7, 11) is 0. The second kappa shape index (κ2) is 5.01. The molecule has 4 N–H and O–H groups in total. The molecule has 0 atom stereocenters. The minimum Gasteiger partial charge on any atom is -0.507 e. The molecular weight excluding hydrogens is 246 g/mol. The zero-order valence-corrected chi connectivity index (χ0v) is 10.7. The highest BCUT2D eigenvalue weighted by atomic mass is 32.1. The number of fused-ring (bicyclic) bond motifs is 1. The van der Waals surface area contributed by atoms with Crippen LogP contribution in [0.4, 0.5) is 0 Å². The Morgan fingerprint density at radius 1 is 1.28 bits per heavy atom. The summed E-state index contributed by atoms with van der Waals surface area (Å²) in [5, 5.41) is 16.1. The van der Waals surface area contributed by atoms with E-state index in [-0.39, 0.29) is 10.9 Å². The molecular formula is C13H13N3OS. The molecule has 0 saturated heterocycles. The van der Waals surface area contributed by atoms with Gasteiger partial charge in [0.2, 0.25) is 0 Å². The number of nitrogens with zero attached hydrogens (tertiary/aromatic N) is 1. The maximum Gasteiger partial charge on any atom is 0.184 e. The van der Waals surface area contributed by atoms with E-state index in [4.69, 9.17) is 5.73 Å². The molecule has 0 aliphatic heterocycles. The van der Waals surface area contributed by atoms with Crippen LogP contribution in [0.25, 0.3) is 10.8 Å². The largest absolute Gasteiger partial charge is 0.507 e. The Morgan fingerprint density at radius 2 is 2.00 bits per heavy atom. The van der Waals surface area contributed by atoms with Crippen molar-refractivity contribution in [1.82, 2.24) is 5.43 Å². The van der Waals surface area contributed by atoms with Gasteiger partial charge in [0.05, 0.1) is 5.71 Å². The number of thiocarbonyl (C=S) groups is 1. The summed E-state index contributed by atoms with van der Waals surface area (Å²) in [5.74, 6) is 0.180. The van der Waals surface area contributed by atoms with Crippen LogP contribution in [0.1, 0.15) is 12.5 Å². The van der Waals surface area contributed by atoms with Gasteiger partial charge in [-0.15, -0.1) is 0 Å². The van der Waals surface area contributed by atoms with E-state index in [2.05, 4.69) is 22.7 Å². The lowest BCUT2D eigenvalue weighted by Crippen LogP contribution is -2.25. The fraction of sp³-hybridized carbons (Fsp3) is 0.0769. The molecule has 0 heterocycles. The third-order valence-electron chi connectivity index (χ3n) is 2.60. The van der Waals surface area contributed by atoms with Gasteiger partial charge in [-0.3, -0.25) is 5.43 Å². The topological polar surface area (TPSA) is 70.6 Å². The van der Waals surface area contributed by atoms with Crippen molar-refractivity contribution in [2.75, 3.05) is 0 Å². The Hall–Kier alpha value is -2.14. The SMILES string of the molecule is C/C(=N\NC(N)=S)c1c(O)ccc2ccccc12. The monoisotopic (exact) mass is 259 g/mol. The number of phenolic OH excluding ortho intramolecular Hbond substituents is 1. The van der Waals surface area contributed by atoms with E-state index >= 15 is 0 Å². The molecule has 92 valence electrons. The molecule has 5 heteroatoms. The Kier molecular flexibility index (Phi) is 3.43. The lowest BCUT2D eigenvalue weighted by atomic mass is 10.0.